The SMILES string of the molecule is Nc1cc(F)c(F)c(S(=O)(=O)N2CCC[C@H](O)C2)c1. The first-order valence-electron chi connectivity index (χ1n) is 5.75. The minimum atomic E-state index is -4.19. The molecular weight excluding hydrogens is 278 g/mol. The Kier molecular flexibility index (Phi) is 3.75. The monoisotopic (exact) mass is 292 g/mol. The van der Waals surface area contributed by atoms with Crippen molar-refractivity contribution in [2.75, 3.05) is 18.8 Å². The van der Waals surface area contributed by atoms with Crippen molar-refractivity contribution in [1.82, 2.24) is 4.31 Å². The molecule has 3 N–H and O–H groups in total. The van der Waals surface area contributed by atoms with E-state index in [0.29, 0.717) is 12.8 Å². The van der Waals surface area contributed by atoms with Gasteiger partial charge in [-0.05, 0) is 25.0 Å². The maximum atomic E-state index is 13.6. The quantitative estimate of drug-likeness (QED) is 0.786. The molecule has 2 rings (SSSR count). The molecule has 0 bridgehead atoms. The lowest BCUT2D eigenvalue weighted by Gasteiger charge is -2.29. The first-order chi connectivity index (χ1) is 8.82. The number of halogens is 2. The smallest absolute Gasteiger partial charge is 0.246 e. The number of nitrogens with two attached hydrogens (primary N) is 1. The van der Waals surface area contributed by atoms with Crippen molar-refractivity contribution in [3.8, 4) is 0 Å². The molecule has 8 heteroatoms. The van der Waals surface area contributed by atoms with E-state index in [1.807, 2.05) is 0 Å². The summed E-state index contributed by atoms with van der Waals surface area (Å²) in [5, 5.41) is 9.47. The van der Waals surface area contributed by atoms with Crippen molar-refractivity contribution in [2.24, 2.45) is 0 Å². The van der Waals surface area contributed by atoms with Crippen LogP contribution in [0.25, 0.3) is 0 Å². The summed E-state index contributed by atoms with van der Waals surface area (Å²) < 4.78 is 52.2. The van der Waals surface area contributed by atoms with Gasteiger partial charge < -0.3 is 10.8 Å². The van der Waals surface area contributed by atoms with Gasteiger partial charge in [-0.15, -0.1) is 0 Å². The number of benzene rings is 1. The highest BCUT2D eigenvalue weighted by Crippen LogP contribution is 2.26. The molecule has 0 aromatic heterocycles. The highest BCUT2D eigenvalue weighted by Gasteiger charge is 2.32. The fraction of sp³-hybridized carbons (Fsp3) is 0.455. The van der Waals surface area contributed by atoms with Crippen LogP contribution in [0.1, 0.15) is 12.8 Å². The van der Waals surface area contributed by atoms with Crippen molar-refractivity contribution < 1.29 is 22.3 Å². The van der Waals surface area contributed by atoms with E-state index in [4.69, 9.17) is 5.73 Å². The number of aliphatic hydroxyl groups is 1. The minimum absolute atomic E-state index is 0.127. The third-order valence-electron chi connectivity index (χ3n) is 2.99. The second-order valence-electron chi connectivity index (χ2n) is 4.47. The average Bonchev–Trinajstić information content (AvgIpc) is 2.33. The Labute approximate surface area is 109 Å². The molecule has 0 amide bonds. The molecule has 0 spiro atoms. The van der Waals surface area contributed by atoms with Crippen LogP contribution >= 0.6 is 0 Å². The number of hydrogen-bond acceptors (Lipinski definition) is 4. The molecule has 1 atom stereocenters. The lowest BCUT2D eigenvalue weighted by Crippen LogP contribution is -2.42. The number of piperidine rings is 1. The molecule has 0 saturated carbocycles. The Morgan fingerprint density at radius 3 is 2.68 bits per heavy atom. The van der Waals surface area contributed by atoms with E-state index in [9.17, 15) is 22.3 Å². The number of β-amino-alcohol motifs (C(OH)–C–C–N with tert-alkyl or cyclic N) is 1. The number of sulfonamides is 1. The van der Waals surface area contributed by atoms with E-state index in [1.54, 1.807) is 0 Å². The second kappa shape index (κ2) is 5.03. The van der Waals surface area contributed by atoms with E-state index < -0.39 is 32.7 Å². The molecule has 1 aromatic rings. The van der Waals surface area contributed by atoms with Crippen molar-refractivity contribution in [2.45, 2.75) is 23.8 Å². The molecule has 1 aliphatic heterocycles. The molecule has 0 aliphatic carbocycles. The molecule has 0 unspecified atom stereocenters. The molecule has 1 fully saturated rings. The summed E-state index contributed by atoms with van der Waals surface area (Å²) >= 11 is 0. The highest BCUT2D eigenvalue weighted by molar-refractivity contribution is 7.89. The van der Waals surface area contributed by atoms with E-state index >= 15 is 0 Å². The van der Waals surface area contributed by atoms with E-state index in [1.165, 1.54) is 0 Å². The van der Waals surface area contributed by atoms with Gasteiger partial charge >= 0.3 is 0 Å². The van der Waals surface area contributed by atoms with Gasteiger partial charge in [0.2, 0.25) is 10.0 Å². The lowest BCUT2D eigenvalue weighted by atomic mass is 10.1. The standard InChI is InChI=1S/C11H14F2N2O3S/c12-9-4-7(14)5-10(11(9)13)19(17,18)15-3-1-2-8(16)6-15/h4-5,8,16H,1-3,6,14H2/t8-/m0/s1. The Morgan fingerprint density at radius 1 is 1.37 bits per heavy atom. The minimum Gasteiger partial charge on any atom is -0.399 e. The molecule has 1 aromatic carbocycles. The summed E-state index contributed by atoms with van der Waals surface area (Å²) in [7, 11) is -4.19. The maximum absolute atomic E-state index is 13.6. The average molecular weight is 292 g/mol. The zero-order chi connectivity index (χ0) is 14.2. The molecule has 19 heavy (non-hydrogen) atoms. The van der Waals surface area contributed by atoms with Crippen LogP contribution in [0.5, 0.6) is 0 Å². The van der Waals surface area contributed by atoms with Gasteiger partial charge in [0.25, 0.3) is 0 Å². The number of anilines is 1. The van der Waals surface area contributed by atoms with Gasteiger partial charge in [-0.3, -0.25) is 0 Å². The predicted octanol–water partition coefficient (Wildman–Crippen LogP) is 0.692. The van der Waals surface area contributed by atoms with Gasteiger partial charge in [0.1, 0.15) is 4.90 Å². The van der Waals surface area contributed by atoms with Crippen LogP contribution in [0.3, 0.4) is 0 Å². The summed E-state index contributed by atoms with van der Waals surface area (Å²) in [4.78, 5) is -0.793. The topological polar surface area (TPSA) is 83.6 Å². The van der Waals surface area contributed by atoms with E-state index in [2.05, 4.69) is 0 Å². The van der Waals surface area contributed by atoms with Crippen molar-refractivity contribution in [3.05, 3.63) is 23.8 Å². The fourth-order valence-electron chi connectivity index (χ4n) is 2.05. The van der Waals surface area contributed by atoms with Crippen molar-refractivity contribution >= 4 is 15.7 Å². The molecule has 0 radical (unpaired) electrons. The second-order valence-corrected chi connectivity index (χ2v) is 6.38. The molecule has 1 saturated heterocycles. The zero-order valence-electron chi connectivity index (χ0n) is 10.0. The Morgan fingerprint density at radius 2 is 2.05 bits per heavy atom. The summed E-state index contributed by atoms with van der Waals surface area (Å²) in [5.41, 5.74) is 5.17. The third kappa shape index (κ3) is 2.70. The summed E-state index contributed by atoms with van der Waals surface area (Å²) in [6.45, 7) is 0.0352. The third-order valence-corrected chi connectivity index (χ3v) is 4.86. The van der Waals surface area contributed by atoms with Gasteiger partial charge in [0.15, 0.2) is 11.6 Å². The van der Waals surface area contributed by atoms with Gasteiger partial charge in [-0.2, -0.15) is 4.31 Å². The van der Waals surface area contributed by atoms with Crippen molar-refractivity contribution in [1.29, 1.82) is 0 Å². The zero-order valence-corrected chi connectivity index (χ0v) is 10.8. The summed E-state index contributed by atoms with van der Waals surface area (Å²) in [5.74, 6) is -2.76. The highest BCUT2D eigenvalue weighted by atomic mass is 32.2. The molecule has 106 valence electrons. The van der Waals surface area contributed by atoms with E-state index in [-0.39, 0.29) is 18.8 Å². The maximum Gasteiger partial charge on any atom is 0.246 e. The number of rotatable bonds is 2. The van der Waals surface area contributed by atoms with E-state index in [0.717, 1.165) is 16.4 Å². The number of nitrogen functional groups attached to an aromatic ring is 1. The van der Waals surface area contributed by atoms with Gasteiger partial charge in [0.05, 0.1) is 6.10 Å². The van der Waals surface area contributed by atoms with Crippen LogP contribution in [0.4, 0.5) is 14.5 Å². The number of nitrogens with zero attached hydrogens (tertiary/aromatic N) is 1. The lowest BCUT2D eigenvalue weighted by molar-refractivity contribution is 0.108. The van der Waals surface area contributed by atoms with Crippen LogP contribution in [-0.4, -0.2) is 37.0 Å². The number of hydrogen-bond donors (Lipinski definition) is 2. The largest absolute Gasteiger partial charge is 0.399 e. The predicted molar refractivity (Wildman–Crippen MR) is 64.8 cm³/mol. The Hall–Kier alpha value is -1.25. The van der Waals surface area contributed by atoms with Gasteiger partial charge in [0, 0.05) is 18.8 Å². The van der Waals surface area contributed by atoms with Crippen LogP contribution in [0.2, 0.25) is 0 Å². The molecule has 1 aliphatic rings. The van der Waals surface area contributed by atoms with Crippen LogP contribution in [-0.2, 0) is 10.0 Å². The Balaban J connectivity index is 2.45. The first-order valence-corrected chi connectivity index (χ1v) is 7.19. The Bertz CT molecular complexity index is 592. The van der Waals surface area contributed by atoms with Crippen LogP contribution in [0, 0.1) is 11.6 Å². The molecular formula is C11H14F2N2O3S. The summed E-state index contributed by atoms with van der Waals surface area (Å²) in [6.07, 6.45) is 0.157. The molecule has 1 heterocycles. The molecule has 5 nitrogen and oxygen atoms in total. The van der Waals surface area contributed by atoms with Gasteiger partial charge in [-0.25, -0.2) is 17.2 Å². The van der Waals surface area contributed by atoms with Crippen LogP contribution < -0.4 is 5.73 Å². The normalized spacial score (nSPS) is 21.5. The van der Waals surface area contributed by atoms with Gasteiger partial charge in [-0.1, -0.05) is 0 Å². The fourth-order valence-corrected chi connectivity index (χ4v) is 3.67. The first kappa shape index (κ1) is 14.2. The number of aliphatic hydroxyl groups excluding tert-OH is 1. The van der Waals surface area contributed by atoms with Crippen LogP contribution in [0.15, 0.2) is 17.0 Å². The van der Waals surface area contributed by atoms with Crippen molar-refractivity contribution in [3.63, 3.8) is 0 Å². The summed E-state index contributed by atoms with van der Waals surface area (Å²) in [6, 6.07) is 1.61.